The molecule has 2 fully saturated rings. The van der Waals surface area contributed by atoms with Crippen molar-refractivity contribution < 1.29 is 22.6 Å². The smallest absolute Gasteiger partial charge is 0.419 e. The van der Waals surface area contributed by atoms with E-state index in [2.05, 4.69) is 21.8 Å². The van der Waals surface area contributed by atoms with Crippen molar-refractivity contribution in [2.24, 2.45) is 5.92 Å². The van der Waals surface area contributed by atoms with Gasteiger partial charge in [-0.3, -0.25) is 0 Å². The third kappa shape index (κ3) is 5.79. The van der Waals surface area contributed by atoms with E-state index in [-0.39, 0.29) is 35.5 Å². The summed E-state index contributed by atoms with van der Waals surface area (Å²) in [5.74, 6) is 0.181. The summed E-state index contributed by atoms with van der Waals surface area (Å²) in [7, 11) is 0. The van der Waals surface area contributed by atoms with Gasteiger partial charge in [0.25, 0.3) is 0 Å². The Bertz CT molecular complexity index is 1300. The topological polar surface area (TPSA) is 76.2 Å². The Morgan fingerprint density at radius 2 is 1.97 bits per heavy atom. The molecule has 7 nitrogen and oxygen atoms in total. The maximum atomic E-state index is 14.1. The van der Waals surface area contributed by atoms with Crippen LogP contribution in [0, 0.1) is 17.2 Å². The number of likely N-dealkylation sites (tertiary alicyclic amines) is 1. The van der Waals surface area contributed by atoms with Gasteiger partial charge in [0.2, 0.25) is 5.82 Å². The fraction of sp³-hybridized carbons (Fsp3) is 0.536. The summed E-state index contributed by atoms with van der Waals surface area (Å²) in [5.41, 5.74) is 0.206. The Balaban J connectivity index is 1.40. The van der Waals surface area contributed by atoms with Crippen molar-refractivity contribution in [3.63, 3.8) is 0 Å². The van der Waals surface area contributed by atoms with Gasteiger partial charge in [0.1, 0.15) is 17.5 Å². The lowest BCUT2D eigenvalue weighted by Gasteiger charge is -2.31. The van der Waals surface area contributed by atoms with Gasteiger partial charge in [-0.1, -0.05) is 6.92 Å². The lowest BCUT2D eigenvalue weighted by Crippen LogP contribution is -2.33. The molecule has 0 spiro atoms. The Morgan fingerprint density at radius 3 is 2.66 bits per heavy atom. The second-order valence-corrected chi connectivity index (χ2v) is 10.1. The molecule has 3 aromatic rings. The molecule has 202 valence electrons. The van der Waals surface area contributed by atoms with Gasteiger partial charge in [-0.25, -0.2) is 9.97 Å². The van der Waals surface area contributed by atoms with E-state index in [9.17, 15) is 18.4 Å². The van der Waals surface area contributed by atoms with E-state index in [0.717, 1.165) is 57.8 Å². The molecule has 1 unspecified atom stereocenters. The number of fused-ring (bicyclic) bond motifs is 1. The Kier molecular flexibility index (Phi) is 7.86. The molecule has 0 saturated carbocycles. The Labute approximate surface area is 220 Å². The van der Waals surface area contributed by atoms with Crippen LogP contribution in [0.2, 0.25) is 0 Å². The van der Waals surface area contributed by atoms with Crippen LogP contribution < -0.4 is 4.74 Å². The highest BCUT2D eigenvalue weighted by atomic mass is 19.4. The molecule has 1 aromatic carbocycles. The average Bonchev–Trinajstić information content (AvgIpc) is 3.58. The van der Waals surface area contributed by atoms with Crippen LogP contribution in [0.1, 0.15) is 50.4 Å². The van der Waals surface area contributed by atoms with E-state index < -0.39 is 11.7 Å². The van der Waals surface area contributed by atoms with Gasteiger partial charge in [-0.05, 0) is 81.9 Å². The first-order valence-corrected chi connectivity index (χ1v) is 13.3. The zero-order valence-corrected chi connectivity index (χ0v) is 21.5. The van der Waals surface area contributed by atoms with Crippen LogP contribution >= 0.6 is 0 Å². The van der Waals surface area contributed by atoms with Gasteiger partial charge in [-0.15, -0.1) is 0 Å². The monoisotopic (exact) mass is 527 g/mol. The SMILES string of the molecule is CCN1CCC(CCOc2ccc(-c3nc(C#N)nc4c3ccn4CC3CCCO3)cc2C(F)(F)F)CC1. The summed E-state index contributed by atoms with van der Waals surface area (Å²) < 4.78 is 55.6. The van der Waals surface area contributed by atoms with Crippen molar-refractivity contribution in [2.75, 3.05) is 32.8 Å². The van der Waals surface area contributed by atoms with Crippen molar-refractivity contribution in [2.45, 2.75) is 57.9 Å². The van der Waals surface area contributed by atoms with Crippen LogP contribution in [0.5, 0.6) is 5.75 Å². The van der Waals surface area contributed by atoms with Crippen LogP contribution in [0.4, 0.5) is 13.2 Å². The molecule has 0 N–H and O–H groups in total. The highest BCUT2D eigenvalue weighted by Gasteiger charge is 2.35. The molecular weight excluding hydrogens is 495 g/mol. The van der Waals surface area contributed by atoms with Crippen molar-refractivity contribution in [3.05, 3.63) is 41.9 Å². The molecule has 5 rings (SSSR count). The quantitative estimate of drug-likeness (QED) is 0.376. The molecule has 2 saturated heterocycles. The van der Waals surface area contributed by atoms with Crippen LogP contribution in [0.15, 0.2) is 30.5 Å². The average molecular weight is 528 g/mol. The molecule has 10 heteroatoms. The number of nitriles is 1. The van der Waals surface area contributed by atoms with Crippen molar-refractivity contribution in [1.82, 2.24) is 19.4 Å². The van der Waals surface area contributed by atoms with Gasteiger partial charge in [0.15, 0.2) is 0 Å². The summed E-state index contributed by atoms with van der Waals surface area (Å²) in [6, 6.07) is 7.73. The number of benzene rings is 1. The van der Waals surface area contributed by atoms with E-state index in [1.54, 1.807) is 12.1 Å². The highest BCUT2D eigenvalue weighted by Crippen LogP contribution is 2.40. The van der Waals surface area contributed by atoms with Crippen LogP contribution in [-0.4, -0.2) is 58.4 Å². The largest absolute Gasteiger partial charge is 0.493 e. The molecule has 0 amide bonds. The minimum Gasteiger partial charge on any atom is -0.493 e. The number of rotatable bonds is 8. The van der Waals surface area contributed by atoms with E-state index in [4.69, 9.17) is 9.47 Å². The van der Waals surface area contributed by atoms with Gasteiger partial charge < -0.3 is 18.9 Å². The number of alkyl halides is 3. The molecule has 4 heterocycles. The fourth-order valence-electron chi connectivity index (χ4n) is 5.44. The summed E-state index contributed by atoms with van der Waals surface area (Å²) in [6.45, 7) is 6.72. The molecule has 0 bridgehead atoms. The summed E-state index contributed by atoms with van der Waals surface area (Å²) >= 11 is 0. The van der Waals surface area contributed by atoms with Crippen LogP contribution in [-0.2, 0) is 17.5 Å². The standard InChI is InChI=1S/C28H32F3N5O2/c1-2-35-11-7-19(8-12-35)10-15-38-24-6-5-20(16-23(24)28(29,30)31)26-22-9-13-36(18-21-4-3-14-37-21)27(22)34-25(17-32)33-26/h5-6,9,13,16,19,21H,2-4,7-8,10-12,14-15,18H2,1H3. The number of halogens is 3. The molecule has 2 aliphatic rings. The third-order valence-electron chi connectivity index (χ3n) is 7.64. The molecular formula is C28H32F3N5O2. The van der Waals surface area contributed by atoms with E-state index in [1.807, 2.05) is 16.8 Å². The summed E-state index contributed by atoms with van der Waals surface area (Å²) in [5, 5.41) is 10.1. The lowest BCUT2D eigenvalue weighted by atomic mass is 9.94. The maximum absolute atomic E-state index is 14.1. The highest BCUT2D eigenvalue weighted by molar-refractivity contribution is 5.91. The molecule has 2 aliphatic heterocycles. The minimum absolute atomic E-state index is 0.0435. The van der Waals surface area contributed by atoms with Crippen LogP contribution in [0.3, 0.4) is 0 Å². The predicted octanol–water partition coefficient (Wildman–Crippen LogP) is 5.67. The third-order valence-corrected chi connectivity index (χ3v) is 7.64. The summed E-state index contributed by atoms with van der Waals surface area (Å²) in [6.07, 6.45) is 1.98. The lowest BCUT2D eigenvalue weighted by molar-refractivity contribution is -0.138. The second kappa shape index (κ2) is 11.3. The van der Waals surface area contributed by atoms with Gasteiger partial charge in [-0.2, -0.15) is 18.4 Å². The Morgan fingerprint density at radius 1 is 1.16 bits per heavy atom. The predicted molar refractivity (Wildman–Crippen MR) is 137 cm³/mol. The number of ether oxygens (including phenoxy) is 2. The maximum Gasteiger partial charge on any atom is 0.419 e. The van der Waals surface area contributed by atoms with E-state index in [1.165, 1.54) is 6.07 Å². The normalized spacial score (nSPS) is 19.2. The number of aromatic nitrogens is 3. The van der Waals surface area contributed by atoms with Crippen LogP contribution in [0.25, 0.3) is 22.3 Å². The molecule has 0 aliphatic carbocycles. The number of hydrogen-bond donors (Lipinski definition) is 0. The number of hydrogen-bond acceptors (Lipinski definition) is 6. The van der Waals surface area contributed by atoms with Gasteiger partial charge >= 0.3 is 6.18 Å². The summed E-state index contributed by atoms with van der Waals surface area (Å²) in [4.78, 5) is 11.0. The first kappa shape index (κ1) is 26.4. The van der Waals surface area contributed by atoms with Crippen molar-refractivity contribution in [1.29, 1.82) is 5.26 Å². The van der Waals surface area contributed by atoms with Crippen molar-refractivity contribution in [3.8, 4) is 23.1 Å². The van der Waals surface area contributed by atoms with Crippen molar-refractivity contribution >= 4 is 11.0 Å². The molecule has 1 atom stereocenters. The second-order valence-electron chi connectivity index (χ2n) is 10.1. The molecule has 0 radical (unpaired) electrons. The van der Waals surface area contributed by atoms with E-state index in [0.29, 0.717) is 30.1 Å². The van der Waals surface area contributed by atoms with E-state index >= 15 is 0 Å². The first-order chi connectivity index (χ1) is 18.4. The van der Waals surface area contributed by atoms with Gasteiger partial charge in [0.05, 0.1) is 30.5 Å². The first-order valence-electron chi connectivity index (χ1n) is 13.3. The number of piperidine rings is 1. The zero-order chi connectivity index (χ0) is 26.7. The minimum atomic E-state index is -4.60. The Hall–Kier alpha value is -3.16. The van der Waals surface area contributed by atoms with Gasteiger partial charge in [0, 0.05) is 23.8 Å². The molecule has 38 heavy (non-hydrogen) atoms. The zero-order valence-electron chi connectivity index (χ0n) is 21.5. The fourth-order valence-corrected chi connectivity index (χ4v) is 5.44. The molecule has 2 aromatic heterocycles. The number of nitrogens with zero attached hydrogens (tertiary/aromatic N) is 5.